The molecule has 1 aromatic heterocycles. The van der Waals surface area contributed by atoms with Crippen LogP contribution in [0.25, 0.3) is 0 Å². The van der Waals surface area contributed by atoms with Gasteiger partial charge in [0.15, 0.2) is 0 Å². The molecule has 2 aliphatic rings. The van der Waals surface area contributed by atoms with Gasteiger partial charge in [0, 0.05) is 17.1 Å². The highest BCUT2D eigenvalue weighted by Gasteiger charge is 2.40. The number of hydrogen-bond acceptors (Lipinski definition) is 4. The van der Waals surface area contributed by atoms with Gasteiger partial charge in [-0.2, -0.15) is 4.31 Å². The van der Waals surface area contributed by atoms with E-state index in [1.807, 2.05) is 11.4 Å². The molecule has 2 fully saturated rings. The van der Waals surface area contributed by atoms with Crippen LogP contribution in [-0.2, 0) is 10.0 Å². The van der Waals surface area contributed by atoms with Crippen molar-refractivity contribution in [2.75, 3.05) is 19.6 Å². The van der Waals surface area contributed by atoms with Crippen molar-refractivity contribution >= 4 is 37.3 Å². The first-order valence-corrected chi connectivity index (χ1v) is 10.2. The lowest BCUT2D eigenvalue weighted by Gasteiger charge is -2.29. The number of piperidine rings is 1. The summed E-state index contributed by atoms with van der Waals surface area (Å²) in [6.45, 7) is 2.69. The second-order valence-corrected chi connectivity index (χ2v) is 9.41. The van der Waals surface area contributed by atoms with Crippen LogP contribution in [0.1, 0.15) is 25.7 Å². The number of thiophene rings is 1. The van der Waals surface area contributed by atoms with E-state index in [0.717, 1.165) is 38.8 Å². The highest BCUT2D eigenvalue weighted by Crippen LogP contribution is 2.37. The zero-order chi connectivity index (χ0) is 14.2. The van der Waals surface area contributed by atoms with Crippen LogP contribution in [0.15, 0.2) is 20.1 Å². The highest BCUT2D eigenvalue weighted by atomic mass is 79.9. The number of hydrogen-bond donors (Lipinski definition) is 1. The minimum Gasteiger partial charge on any atom is -0.317 e. The molecule has 4 nitrogen and oxygen atoms in total. The lowest BCUT2D eigenvalue weighted by molar-refractivity contribution is 0.283. The summed E-state index contributed by atoms with van der Waals surface area (Å²) in [7, 11) is -3.34. The molecule has 0 radical (unpaired) electrons. The SMILES string of the molecule is O=S(=O)(c1sccc1Br)N(CC1CCNCC1)C1CC1. The highest BCUT2D eigenvalue weighted by molar-refractivity contribution is 9.10. The van der Waals surface area contributed by atoms with Crippen LogP contribution in [0.5, 0.6) is 0 Å². The van der Waals surface area contributed by atoms with Crippen molar-refractivity contribution in [3.63, 3.8) is 0 Å². The van der Waals surface area contributed by atoms with Crippen LogP contribution in [0.2, 0.25) is 0 Å². The summed E-state index contributed by atoms with van der Waals surface area (Å²) in [5.74, 6) is 0.491. The molecule has 3 rings (SSSR count). The van der Waals surface area contributed by atoms with Crippen molar-refractivity contribution in [1.82, 2.24) is 9.62 Å². The van der Waals surface area contributed by atoms with Gasteiger partial charge in [-0.3, -0.25) is 0 Å². The Hall–Kier alpha value is 0.0500. The summed E-state index contributed by atoms with van der Waals surface area (Å²) in [6.07, 6.45) is 4.16. The first kappa shape index (κ1) is 15.0. The largest absolute Gasteiger partial charge is 0.317 e. The fraction of sp³-hybridized carbons (Fsp3) is 0.692. The third-order valence-electron chi connectivity index (χ3n) is 3.98. The Morgan fingerprint density at radius 1 is 1.30 bits per heavy atom. The van der Waals surface area contributed by atoms with Crippen molar-refractivity contribution < 1.29 is 8.42 Å². The smallest absolute Gasteiger partial charge is 0.253 e. The monoisotopic (exact) mass is 378 g/mol. The fourth-order valence-electron chi connectivity index (χ4n) is 2.70. The van der Waals surface area contributed by atoms with Crippen molar-refractivity contribution in [3.05, 3.63) is 15.9 Å². The van der Waals surface area contributed by atoms with E-state index in [4.69, 9.17) is 0 Å². The van der Waals surface area contributed by atoms with Gasteiger partial charge in [0.05, 0.1) is 0 Å². The van der Waals surface area contributed by atoms with Gasteiger partial charge in [-0.25, -0.2) is 8.42 Å². The van der Waals surface area contributed by atoms with Crippen molar-refractivity contribution in [2.24, 2.45) is 5.92 Å². The average Bonchev–Trinajstić information content (AvgIpc) is 3.18. The number of nitrogens with one attached hydrogen (secondary N) is 1. The predicted octanol–water partition coefficient (Wildman–Crippen LogP) is 2.66. The zero-order valence-corrected chi connectivity index (χ0v) is 14.4. The molecule has 0 aromatic carbocycles. The van der Waals surface area contributed by atoms with Crippen LogP contribution in [0.4, 0.5) is 0 Å². The van der Waals surface area contributed by atoms with Crippen LogP contribution in [-0.4, -0.2) is 38.4 Å². The van der Waals surface area contributed by atoms with Gasteiger partial charge in [0.2, 0.25) is 0 Å². The molecule has 1 saturated carbocycles. The van der Waals surface area contributed by atoms with Crippen LogP contribution >= 0.6 is 27.3 Å². The quantitative estimate of drug-likeness (QED) is 0.856. The number of sulfonamides is 1. The van der Waals surface area contributed by atoms with Crippen molar-refractivity contribution in [3.8, 4) is 0 Å². The molecule has 0 bridgehead atoms. The molecule has 0 unspecified atom stereocenters. The molecule has 1 aromatic rings. The Kier molecular flexibility index (Phi) is 4.52. The van der Waals surface area contributed by atoms with Gasteiger partial charge in [-0.1, -0.05) is 0 Å². The van der Waals surface area contributed by atoms with Crippen LogP contribution in [0.3, 0.4) is 0 Å². The van der Waals surface area contributed by atoms with E-state index < -0.39 is 10.0 Å². The van der Waals surface area contributed by atoms with Gasteiger partial charge >= 0.3 is 0 Å². The lowest BCUT2D eigenvalue weighted by Crippen LogP contribution is -2.40. The van der Waals surface area contributed by atoms with Gasteiger partial charge in [0.25, 0.3) is 10.0 Å². The number of nitrogens with zero attached hydrogens (tertiary/aromatic N) is 1. The van der Waals surface area contributed by atoms with E-state index in [0.29, 0.717) is 21.1 Å². The maximum atomic E-state index is 12.9. The summed E-state index contributed by atoms with van der Waals surface area (Å²) in [4.78, 5) is 0. The Morgan fingerprint density at radius 3 is 2.55 bits per heavy atom. The first-order valence-electron chi connectivity index (χ1n) is 7.04. The second kappa shape index (κ2) is 6.04. The molecule has 1 N–H and O–H groups in total. The van der Waals surface area contributed by atoms with Crippen LogP contribution in [0, 0.1) is 5.92 Å². The summed E-state index contributed by atoms with van der Waals surface area (Å²) in [5, 5.41) is 5.16. The third kappa shape index (κ3) is 3.11. The predicted molar refractivity (Wildman–Crippen MR) is 84.5 cm³/mol. The molecule has 0 atom stereocenters. The number of halogens is 1. The molecule has 7 heteroatoms. The van der Waals surface area contributed by atoms with Gasteiger partial charge in [-0.15, -0.1) is 11.3 Å². The Balaban J connectivity index is 1.81. The number of rotatable bonds is 5. The molecule has 1 aliphatic heterocycles. The average molecular weight is 379 g/mol. The summed E-state index contributed by atoms with van der Waals surface area (Å²) < 4.78 is 28.6. The van der Waals surface area contributed by atoms with E-state index in [9.17, 15) is 8.42 Å². The molecule has 112 valence electrons. The van der Waals surface area contributed by atoms with Gasteiger partial charge < -0.3 is 5.32 Å². The molecule has 2 heterocycles. The van der Waals surface area contributed by atoms with E-state index in [-0.39, 0.29) is 6.04 Å². The standard InChI is InChI=1S/C13H19BrN2O2S2/c14-12-5-8-19-13(12)20(17,18)16(11-1-2-11)9-10-3-6-15-7-4-10/h5,8,10-11,15H,1-4,6-7,9H2. The Labute approximate surface area is 132 Å². The van der Waals surface area contributed by atoms with E-state index >= 15 is 0 Å². The minimum absolute atomic E-state index is 0.226. The van der Waals surface area contributed by atoms with E-state index in [2.05, 4.69) is 21.2 Å². The van der Waals surface area contributed by atoms with E-state index in [1.165, 1.54) is 11.3 Å². The molecule has 20 heavy (non-hydrogen) atoms. The molecule has 1 saturated heterocycles. The maximum absolute atomic E-state index is 12.9. The molecule has 0 amide bonds. The molecule has 1 aliphatic carbocycles. The normalized spacial score (nSPS) is 21.5. The molecule has 0 spiro atoms. The summed E-state index contributed by atoms with van der Waals surface area (Å²) in [6, 6.07) is 2.04. The Bertz CT molecular complexity index is 563. The van der Waals surface area contributed by atoms with Gasteiger partial charge in [-0.05, 0) is 72.1 Å². The lowest BCUT2D eigenvalue weighted by atomic mass is 9.98. The first-order chi connectivity index (χ1) is 9.59. The Morgan fingerprint density at radius 2 is 2.00 bits per heavy atom. The van der Waals surface area contributed by atoms with Crippen molar-refractivity contribution in [2.45, 2.75) is 35.9 Å². The van der Waals surface area contributed by atoms with Crippen molar-refractivity contribution in [1.29, 1.82) is 0 Å². The van der Waals surface area contributed by atoms with Crippen LogP contribution < -0.4 is 5.32 Å². The molecular formula is C13H19BrN2O2S2. The van der Waals surface area contributed by atoms with Gasteiger partial charge in [0.1, 0.15) is 4.21 Å². The maximum Gasteiger partial charge on any atom is 0.253 e. The third-order valence-corrected chi connectivity index (χ3v) is 8.54. The molecular weight excluding hydrogens is 360 g/mol. The second-order valence-electron chi connectivity index (χ2n) is 5.56. The summed E-state index contributed by atoms with van der Waals surface area (Å²) >= 11 is 4.66. The topological polar surface area (TPSA) is 49.4 Å². The minimum atomic E-state index is -3.34. The summed E-state index contributed by atoms with van der Waals surface area (Å²) in [5.41, 5.74) is 0. The van der Waals surface area contributed by atoms with E-state index in [1.54, 1.807) is 4.31 Å². The fourth-order valence-corrected chi connectivity index (χ4v) is 6.88. The zero-order valence-electron chi connectivity index (χ0n) is 11.2.